The summed E-state index contributed by atoms with van der Waals surface area (Å²) in [6.07, 6.45) is 0. The minimum absolute atomic E-state index is 0.301. The summed E-state index contributed by atoms with van der Waals surface area (Å²) >= 11 is 3.18. The summed E-state index contributed by atoms with van der Waals surface area (Å²) in [5, 5.41) is 14.4. The molecule has 0 spiro atoms. The number of thioether (sulfide) groups is 1. The molecule has 2 rings (SSSR count). The third-order valence-corrected chi connectivity index (χ3v) is 5.21. The number of carbonyl (C=O) groups is 2. The van der Waals surface area contributed by atoms with E-state index in [4.69, 9.17) is 0 Å². The number of amides is 2. The number of aliphatic carboxylic acids is 1. The van der Waals surface area contributed by atoms with Crippen LogP contribution in [0.15, 0.2) is 17.5 Å². The fourth-order valence-corrected chi connectivity index (χ4v) is 4.36. The zero-order chi connectivity index (χ0) is 14.7. The van der Waals surface area contributed by atoms with Crippen molar-refractivity contribution in [3.8, 4) is 0 Å². The molecule has 0 bridgehead atoms. The predicted octanol–water partition coefficient (Wildman–Crippen LogP) is 2.41. The molecular formula is C13H18N2O3S2. The molecule has 2 amide bonds. The van der Waals surface area contributed by atoms with Gasteiger partial charge in [-0.3, -0.25) is 0 Å². The van der Waals surface area contributed by atoms with E-state index in [1.165, 1.54) is 11.3 Å². The number of nitrogens with one attached hydrogen (secondary N) is 1. The van der Waals surface area contributed by atoms with E-state index >= 15 is 0 Å². The lowest BCUT2D eigenvalue weighted by molar-refractivity contribution is -0.139. The second-order valence-corrected chi connectivity index (χ2v) is 7.76. The molecule has 7 heteroatoms. The first-order valence-corrected chi connectivity index (χ1v) is 8.26. The van der Waals surface area contributed by atoms with Crippen LogP contribution in [0.25, 0.3) is 0 Å². The van der Waals surface area contributed by atoms with Crippen LogP contribution in [0.2, 0.25) is 0 Å². The van der Waals surface area contributed by atoms with Crippen LogP contribution in [-0.2, 0) is 4.79 Å². The highest BCUT2D eigenvalue weighted by atomic mass is 32.2. The van der Waals surface area contributed by atoms with Gasteiger partial charge in [-0.05, 0) is 11.4 Å². The summed E-state index contributed by atoms with van der Waals surface area (Å²) in [5.74, 6) is -1.03. The van der Waals surface area contributed by atoms with Gasteiger partial charge in [0, 0.05) is 28.5 Å². The van der Waals surface area contributed by atoms with Crippen molar-refractivity contribution in [1.82, 2.24) is 10.2 Å². The Kier molecular flexibility index (Phi) is 4.93. The highest BCUT2D eigenvalue weighted by Crippen LogP contribution is 2.25. The van der Waals surface area contributed by atoms with E-state index in [9.17, 15) is 14.7 Å². The van der Waals surface area contributed by atoms with Gasteiger partial charge in [0.05, 0.1) is 0 Å². The van der Waals surface area contributed by atoms with Crippen LogP contribution in [0, 0.1) is 0 Å². The van der Waals surface area contributed by atoms with Crippen LogP contribution >= 0.6 is 23.1 Å². The molecule has 3 unspecified atom stereocenters. The molecule has 1 aliphatic heterocycles. The van der Waals surface area contributed by atoms with Crippen molar-refractivity contribution >= 4 is 35.1 Å². The van der Waals surface area contributed by atoms with E-state index in [0.29, 0.717) is 28.5 Å². The maximum Gasteiger partial charge on any atom is 0.331 e. The van der Waals surface area contributed by atoms with Gasteiger partial charge < -0.3 is 15.3 Å². The number of urea groups is 1. The second-order valence-electron chi connectivity index (χ2n) is 4.90. The van der Waals surface area contributed by atoms with E-state index in [1.807, 2.05) is 11.8 Å². The summed E-state index contributed by atoms with van der Waals surface area (Å²) < 4.78 is 0. The standard InChI is InChI=1S/C13H18N2O3S2/c1-8-6-15(7-9(2)20-8)13(18)14-11(12(16)17)10-4-3-5-19-10/h3-5,8-9,11H,6-7H2,1-2H3,(H,14,18)(H,16,17). The number of carboxylic acids is 1. The average Bonchev–Trinajstić information content (AvgIpc) is 2.87. The summed E-state index contributed by atoms with van der Waals surface area (Å²) in [5.41, 5.74) is 0. The molecule has 1 fully saturated rings. The Hall–Kier alpha value is -1.21. The number of thiophene rings is 1. The normalized spacial score (nSPS) is 24.2. The molecule has 0 aromatic carbocycles. The molecule has 0 saturated carbocycles. The Morgan fingerprint density at radius 2 is 2.05 bits per heavy atom. The third kappa shape index (κ3) is 3.67. The van der Waals surface area contributed by atoms with Crippen molar-refractivity contribution in [2.75, 3.05) is 13.1 Å². The Labute approximate surface area is 126 Å². The van der Waals surface area contributed by atoms with Crippen molar-refractivity contribution in [2.24, 2.45) is 0 Å². The molecule has 1 aliphatic rings. The molecule has 2 N–H and O–H groups in total. The summed E-state index contributed by atoms with van der Waals surface area (Å²) in [6.45, 7) is 5.46. The molecule has 2 heterocycles. The van der Waals surface area contributed by atoms with Gasteiger partial charge in [0.15, 0.2) is 6.04 Å². The third-order valence-electron chi connectivity index (χ3n) is 3.05. The predicted molar refractivity (Wildman–Crippen MR) is 81.3 cm³/mol. The molecule has 110 valence electrons. The van der Waals surface area contributed by atoms with Gasteiger partial charge in [0.2, 0.25) is 0 Å². The highest BCUT2D eigenvalue weighted by Gasteiger charge is 2.29. The Balaban J connectivity index is 2.03. The maximum atomic E-state index is 12.2. The van der Waals surface area contributed by atoms with Crippen molar-refractivity contribution in [3.05, 3.63) is 22.4 Å². The largest absolute Gasteiger partial charge is 0.479 e. The fraction of sp³-hybridized carbons (Fsp3) is 0.538. The van der Waals surface area contributed by atoms with Gasteiger partial charge in [0.25, 0.3) is 0 Å². The smallest absolute Gasteiger partial charge is 0.331 e. The fourth-order valence-electron chi connectivity index (χ4n) is 2.27. The Morgan fingerprint density at radius 1 is 1.40 bits per heavy atom. The van der Waals surface area contributed by atoms with Crippen molar-refractivity contribution in [1.29, 1.82) is 0 Å². The van der Waals surface area contributed by atoms with Crippen LogP contribution in [0.4, 0.5) is 4.79 Å². The van der Waals surface area contributed by atoms with Gasteiger partial charge in [-0.25, -0.2) is 9.59 Å². The second kappa shape index (κ2) is 6.49. The molecule has 0 radical (unpaired) electrons. The molecule has 0 aliphatic carbocycles. The molecule has 1 aromatic rings. The molecule has 5 nitrogen and oxygen atoms in total. The van der Waals surface area contributed by atoms with Crippen LogP contribution < -0.4 is 5.32 Å². The summed E-state index contributed by atoms with van der Waals surface area (Å²) in [6, 6.07) is 2.23. The molecule has 3 atom stereocenters. The van der Waals surface area contributed by atoms with E-state index in [0.717, 1.165) is 0 Å². The first-order chi connectivity index (χ1) is 9.47. The Bertz CT molecular complexity index is 468. The quantitative estimate of drug-likeness (QED) is 0.899. The van der Waals surface area contributed by atoms with Crippen LogP contribution in [0.5, 0.6) is 0 Å². The van der Waals surface area contributed by atoms with Crippen molar-refractivity contribution in [2.45, 2.75) is 30.4 Å². The van der Waals surface area contributed by atoms with E-state index in [2.05, 4.69) is 19.2 Å². The number of hydrogen-bond donors (Lipinski definition) is 2. The van der Waals surface area contributed by atoms with E-state index in [-0.39, 0.29) is 6.03 Å². The lowest BCUT2D eigenvalue weighted by Crippen LogP contribution is -2.50. The van der Waals surface area contributed by atoms with Crippen LogP contribution in [-0.4, -0.2) is 45.6 Å². The monoisotopic (exact) mass is 314 g/mol. The topological polar surface area (TPSA) is 69.6 Å². The SMILES string of the molecule is CC1CN(C(=O)NC(C(=O)O)c2cccs2)CC(C)S1. The number of hydrogen-bond acceptors (Lipinski definition) is 4. The van der Waals surface area contributed by atoms with E-state index < -0.39 is 12.0 Å². The minimum atomic E-state index is -1.03. The Morgan fingerprint density at radius 3 is 2.55 bits per heavy atom. The lowest BCUT2D eigenvalue weighted by Gasteiger charge is -2.35. The zero-order valence-electron chi connectivity index (χ0n) is 11.4. The lowest BCUT2D eigenvalue weighted by atomic mass is 10.2. The molecule has 20 heavy (non-hydrogen) atoms. The molecule has 1 saturated heterocycles. The van der Waals surface area contributed by atoms with Gasteiger partial charge in [-0.15, -0.1) is 11.3 Å². The number of carbonyl (C=O) groups excluding carboxylic acids is 1. The number of carboxylic acid groups (broad SMARTS) is 1. The minimum Gasteiger partial charge on any atom is -0.479 e. The average molecular weight is 314 g/mol. The van der Waals surface area contributed by atoms with Crippen molar-refractivity contribution < 1.29 is 14.7 Å². The number of nitrogens with zero attached hydrogens (tertiary/aromatic N) is 1. The highest BCUT2D eigenvalue weighted by molar-refractivity contribution is 8.00. The van der Waals surface area contributed by atoms with E-state index in [1.54, 1.807) is 22.4 Å². The molecular weight excluding hydrogens is 296 g/mol. The van der Waals surface area contributed by atoms with Crippen LogP contribution in [0.3, 0.4) is 0 Å². The van der Waals surface area contributed by atoms with Crippen LogP contribution in [0.1, 0.15) is 24.8 Å². The first kappa shape index (κ1) is 15.2. The molecule has 1 aromatic heterocycles. The van der Waals surface area contributed by atoms with Gasteiger partial charge in [-0.1, -0.05) is 19.9 Å². The maximum absolute atomic E-state index is 12.2. The number of rotatable bonds is 3. The zero-order valence-corrected chi connectivity index (χ0v) is 13.0. The summed E-state index contributed by atoms with van der Waals surface area (Å²) in [7, 11) is 0. The van der Waals surface area contributed by atoms with Gasteiger partial charge in [-0.2, -0.15) is 11.8 Å². The summed E-state index contributed by atoms with van der Waals surface area (Å²) in [4.78, 5) is 25.9. The van der Waals surface area contributed by atoms with Gasteiger partial charge in [0.1, 0.15) is 0 Å². The first-order valence-electron chi connectivity index (χ1n) is 6.44. The van der Waals surface area contributed by atoms with Crippen molar-refractivity contribution in [3.63, 3.8) is 0 Å². The van der Waals surface area contributed by atoms with Gasteiger partial charge >= 0.3 is 12.0 Å².